The van der Waals surface area contributed by atoms with Gasteiger partial charge in [0.25, 0.3) is 0 Å². The van der Waals surface area contributed by atoms with Crippen molar-refractivity contribution in [2.24, 2.45) is 0 Å². The van der Waals surface area contributed by atoms with Gasteiger partial charge in [0.2, 0.25) is 0 Å². The zero-order valence-electron chi connectivity index (χ0n) is 14.1. The monoisotopic (exact) mass is 350 g/mol. The Bertz CT molecular complexity index is 402. The van der Waals surface area contributed by atoms with Gasteiger partial charge in [0, 0.05) is 5.75 Å². The Kier molecular flexibility index (Phi) is 9.75. The molecule has 0 saturated carbocycles. The molecular weight excluding hydrogens is 324 g/mol. The molecule has 0 amide bonds. The number of rotatable bonds is 3. The second kappa shape index (κ2) is 8.65. The molecule has 3 heteroatoms. The van der Waals surface area contributed by atoms with Crippen LogP contribution in [0.4, 0.5) is 0 Å². The first-order chi connectivity index (χ1) is 8.16. The van der Waals surface area contributed by atoms with E-state index < -0.39 is 0 Å². The molecule has 1 aromatic rings. The van der Waals surface area contributed by atoms with Crippen molar-refractivity contribution in [3.63, 3.8) is 0 Å². The van der Waals surface area contributed by atoms with Gasteiger partial charge in [-0.25, -0.2) is 0 Å². The van der Waals surface area contributed by atoms with Gasteiger partial charge >= 0.3 is 23.1 Å². The molecule has 0 heterocycles. The van der Waals surface area contributed by atoms with Crippen LogP contribution in [-0.2, 0) is 10.8 Å². The van der Waals surface area contributed by atoms with E-state index in [0.29, 0.717) is 0 Å². The molecule has 1 rings (SSSR count). The van der Waals surface area contributed by atoms with Gasteiger partial charge in [-0.3, -0.25) is 0 Å². The minimum atomic E-state index is 0. The van der Waals surface area contributed by atoms with E-state index in [-0.39, 0.29) is 50.9 Å². The average Bonchev–Trinajstić information content (AvgIpc) is 2.23. The minimum absolute atomic E-state index is 0. The van der Waals surface area contributed by atoms with Gasteiger partial charge in [0.05, 0.1) is 6.61 Å². The van der Waals surface area contributed by atoms with Gasteiger partial charge in [0.1, 0.15) is 0 Å². The zero-order valence-corrected chi connectivity index (χ0v) is 17.1. The van der Waals surface area contributed by atoms with Crippen molar-refractivity contribution in [2.75, 3.05) is 6.61 Å². The molecule has 0 atom stereocenters. The molecule has 0 spiro atoms. The molecule has 0 aliphatic heterocycles. The first kappa shape index (κ1) is 22.5. The molecule has 1 nitrogen and oxygen atoms in total. The quantitative estimate of drug-likeness (QED) is 0.592. The Morgan fingerprint density at radius 1 is 1.05 bits per heavy atom. The molecule has 0 unspecified atom stereocenters. The van der Waals surface area contributed by atoms with Crippen molar-refractivity contribution in [1.82, 2.24) is 0 Å². The molecule has 0 aliphatic rings. The number of hydrogen-bond donors (Lipinski definition) is 0. The van der Waals surface area contributed by atoms with Crippen molar-refractivity contribution in [3.8, 4) is 5.75 Å². The largest absolute Gasteiger partial charge is 2.00 e. The number of benzene rings is 1. The van der Waals surface area contributed by atoms with E-state index in [1.165, 1.54) is 11.1 Å². The van der Waals surface area contributed by atoms with E-state index in [9.17, 15) is 0 Å². The van der Waals surface area contributed by atoms with Crippen molar-refractivity contribution in [3.05, 3.63) is 29.3 Å². The van der Waals surface area contributed by atoms with Crippen molar-refractivity contribution in [1.29, 1.82) is 0 Å². The molecule has 0 saturated heterocycles. The predicted molar refractivity (Wildman–Crippen MR) is 84.2 cm³/mol. The summed E-state index contributed by atoms with van der Waals surface area (Å²) < 4.78 is 5.82. The van der Waals surface area contributed by atoms with Gasteiger partial charge < -0.3 is 21.7 Å². The van der Waals surface area contributed by atoms with Crippen LogP contribution in [0.3, 0.4) is 0 Å². The number of hydrogen-bond acceptors (Lipinski definition) is 1. The first-order valence-corrected chi connectivity index (χ1v) is 6.85. The Morgan fingerprint density at radius 3 is 2.00 bits per heavy atom. The van der Waals surface area contributed by atoms with E-state index in [1.807, 2.05) is 0 Å². The topological polar surface area (TPSA) is 9.23 Å². The molecule has 1 aromatic carbocycles. The molecule has 0 bridgehead atoms. The van der Waals surface area contributed by atoms with Gasteiger partial charge in [-0.05, 0) is 6.42 Å². The van der Waals surface area contributed by atoms with Crippen LogP contribution in [0.25, 0.3) is 0 Å². The third-order valence-corrected chi connectivity index (χ3v) is 3.03. The maximum Gasteiger partial charge on any atom is 2.00 e. The van der Waals surface area contributed by atoms with Crippen molar-refractivity contribution >= 4 is 23.1 Å². The SMILES string of the molecule is CCCOc1[c-]cc(C(C)(C)C)cc1C(C)(C)C.[Br-].[Mg+2]. The molecule has 0 fully saturated rings. The third kappa shape index (κ3) is 6.36. The van der Waals surface area contributed by atoms with Gasteiger partial charge in [-0.2, -0.15) is 17.7 Å². The molecular formula is C17H27BrMgO. The maximum absolute atomic E-state index is 5.82. The number of ether oxygens (including phenoxy) is 1. The minimum Gasteiger partial charge on any atom is -1.00 e. The van der Waals surface area contributed by atoms with Crippen LogP contribution in [0.1, 0.15) is 66.0 Å². The van der Waals surface area contributed by atoms with E-state index in [0.717, 1.165) is 18.8 Å². The van der Waals surface area contributed by atoms with Crippen molar-refractivity contribution in [2.45, 2.75) is 65.7 Å². The van der Waals surface area contributed by atoms with Crippen molar-refractivity contribution < 1.29 is 21.7 Å². The fourth-order valence-electron chi connectivity index (χ4n) is 1.80. The summed E-state index contributed by atoms with van der Waals surface area (Å²) in [6.45, 7) is 16.2. The Morgan fingerprint density at radius 2 is 1.60 bits per heavy atom. The summed E-state index contributed by atoms with van der Waals surface area (Å²) in [7, 11) is 0. The molecule has 0 radical (unpaired) electrons. The summed E-state index contributed by atoms with van der Waals surface area (Å²) in [6.07, 6.45) is 1.03. The standard InChI is InChI=1S/C17H27O.BrH.Mg/c1-8-11-18-15-10-9-13(16(2,3)4)12-14(15)17(5,6)7;;/h9,12H,8,11H2,1-7H3;1H;/q-1;;+2/p-1. The third-order valence-electron chi connectivity index (χ3n) is 3.03. The van der Waals surface area contributed by atoms with Gasteiger partial charge in [-0.1, -0.05) is 59.3 Å². The van der Waals surface area contributed by atoms with Crippen LogP contribution in [0.15, 0.2) is 12.1 Å². The second-order valence-electron chi connectivity index (χ2n) is 6.98. The summed E-state index contributed by atoms with van der Waals surface area (Å²) in [5, 5.41) is 0. The smallest absolute Gasteiger partial charge is 1.00 e. The summed E-state index contributed by atoms with van der Waals surface area (Å²) in [4.78, 5) is 0. The molecule has 20 heavy (non-hydrogen) atoms. The van der Waals surface area contributed by atoms with Crippen LogP contribution in [0, 0.1) is 6.07 Å². The van der Waals surface area contributed by atoms with E-state index in [4.69, 9.17) is 4.74 Å². The second-order valence-corrected chi connectivity index (χ2v) is 6.98. The average molecular weight is 352 g/mol. The Labute approximate surface area is 151 Å². The van der Waals surface area contributed by atoms with Crippen LogP contribution in [0.5, 0.6) is 5.75 Å². The van der Waals surface area contributed by atoms with Crippen LogP contribution < -0.4 is 21.7 Å². The summed E-state index contributed by atoms with van der Waals surface area (Å²) in [5.74, 6) is 0.914. The van der Waals surface area contributed by atoms with E-state index in [1.54, 1.807) is 0 Å². The Balaban J connectivity index is 0. The van der Waals surface area contributed by atoms with Crippen LogP contribution >= 0.6 is 0 Å². The number of halogens is 1. The fraction of sp³-hybridized carbons (Fsp3) is 0.647. The van der Waals surface area contributed by atoms with E-state index in [2.05, 4.69) is 66.7 Å². The van der Waals surface area contributed by atoms with Gasteiger partial charge in [0.15, 0.2) is 0 Å². The molecule has 0 aromatic heterocycles. The van der Waals surface area contributed by atoms with Gasteiger partial charge in [-0.15, -0.1) is 11.6 Å². The predicted octanol–water partition coefficient (Wildman–Crippen LogP) is 1.49. The Hall–Kier alpha value is 0.266. The summed E-state index contributed by atoms with van der Waals surface area (Å²) >= 11 is 0. The van der Waals surface area contributed by atoms with E-state index >= 15 is 0 Å². The first-order valence-electron chi connectivity index (χ1n) is 6.85. The fourth-order valence-corrected chi connectivity index (χ4v) is 1.80. The normalized spacial score (nSPS) is 11.3. The maximum atomic E-state index is 5.82. The summed E-state index contributed by atoms with van der Waals surface area (Å²) in [5.41, 5.74) is 2.81. The van der Waals surface area contributed by atoms with Crippen LogP contribution in [-0.4, -0.2) is 29.7 Å². The molecule has 0 N–H and O–H groups in total. The summed E-state index contributed by atoms with van der Waals surface area (Å²) in [6, 6.07) is 7.68. The zero-order chi connectivity index (χ0) is 14.0. The molecule has 0 aliphatic carbocycles. The molecule has 110 valence electrons. The van der Waals surface area contributed by atoms with Crippen LogP contribution in [0.2, 0.25) is 0 Å².